The zero-order chi connectivity index (χ0) is 40.3. The number of nitrogens with zero attached hydrogens (tertiary/aromatic N) is 1. The summed E-state index contributed by atoms with van der Waals surface area (Å²) in [6, 6.07) is 86.7. The van der Waals surface area contributed by atoms with E-state index in [2.05, 4.69) is 241 Å². The first-order valence-corrected chi connectivity index (χ1v) is 21.1. The van der Waals surface area contributed by atoms with Crippen LogP contribution in [-0.2, 0) is 0 Å². The largest absolute Gasteiger partial charge is 0.310 e. The monoisotopic (exact) mass is 773 g/mol. The smallest absolute Gasteiger partial charge is 0.0467 e. The van der Waals surface area contributed by atoms with Crippen LogP contribution in [0.1, 0.15) is 0 Å². The van der Waals surface area contributed by atoms with Gasteiger partial charge in [0.25, 0.3) is 0 Å². The average molecular weight is 774 g/mol. The highest BCUT2D eigenvalue weighted by Gasteiger charge is 2.22. The Bertz CT molecular complexity index is 3460. The van der Waals surface area contributed by atoms with Crippen molar-refractivity contribution in [2.75, 3.05) is 4.90 Å². The van der Waals surface area contributed by atoms with Gasteiger partial charge in [0, 0.05) is 17.1 Å². The molecule has 0 fully saturated rings. The molecule has 1 heteroatoms. The van der Waals surface area contributed by atoms with Crippen LogP contribution in [0.25, 0.3) is 99.1 Å². The molecule has 0 bridgehead atoms. The van der Waals surface area contributed by atoms with Gasteiger partial charge in [-0.2, -0.15) is 0 Å². The first-order chi connectivity index (χ1) is 30.2. The highest BCUT2D eigenvalue weighted by molar-refractivity contribution is 6.16. The van der Waals surface area contributed by atoms with Crippen molar-refractivity contribution < 1.29 is 0 Å². The van der Waals surface area contributed by atoms with E-state index in [1.54, 1.807) is 0 Å². The second-order valence-corrected chi connectivity index (χ2v) is 16.1. The minimum atomic E-state index is 1.10. The van der Waals surface area contributed by atoms with Crippen LogP contribution in [0.5, 0.6) is 0 Å². The zero-order valence-corrected chi connectivity index (χ0v) is 33.5. The standard InChI is InChI=1S/C60H39N/c1-3-12-40(13-4-1)43-16-9-19-52(37-43)61(53-20-10-17-44(38-53)50-36-49-18-11-23-58-56-21-7-8-22-57(56)59(39-50)60(49)58)51-30-26-42(27-31-51)46-29-33-55-48(35-46)25-24-47-34-45(28-32-54(47)55)41-14-5-2-6-15-41/h1-39H. The predicted molar refractivity (Wildman–Crippen MR) is 260 cm³/mol. The third kappa shape index (κ3) is 6.10. The van der Waals surface area contributed by atoms with Crippen LogP contribution < -0.4 is 4.90 Å². The number of anilines is 3. The Kier molecular flexibility index (Phi) is 8.25. The molecular weight excluding hydrogens is 735 g/mol. The van der Waals surface area contributed by atoms with Gasteiger partial charge in [0.15, 0.2) is 0 Å². The van der Waals surface area contributed by atoms with Crippen LogP contribution in [0.2, 0.25) is 0 Å². The second-order valence-electron chi connectivity index (χ2n) is 16.1. The van der Waals surface area contributed by atoms with Gasteiger partial charge in [-0.3, -0.25) is 0 Å². The Balaban J connectivity index is 0.933. The first kappa shape index (κ1) is 35.0. The average Bonchev–Trinajstić information content (AvgIpc) is 3.66. The predicted octanol–water partition coefficient (Wildman–Crippen LogP) is 16.9. The van der Waals surface area contributed by atoms with Crippen molar-refractivity contribution in [2.24, 2.45) is 0 Å². The first-order valence-electron chi connectivity index (χ1n) is 21.1. The van der Waals surface area contributed by atoms with Gasteiger partial charge in [0.1, 0.15) is 0 Å². The molecule has 0 heterocycles. The van der Waals surface area contributed by atoms with E-state index in [1.165, 1.54) is 99.1 Å². The molecule has 0 atom stereocenters. The molecular formula is C60H39N. The molecule has 61 heavy (non-hydrogen) atoms. The van der Waals surface area contributed by atoms with Crippen LogP contribution >= 0.6 is 0 Å². The van der Waals surface area contributed by atoms with Crippen molar-refractivity contribution in [3.63, 3.8) is 0 Å². The van der Waals surface area contributed by atoms with E-state index in [-0.39, 0.29) is 0 Å². The van der Waals surface area contributed by atoms with Gasteiger partial charge in [-0.05, 0) is 160 Å². The lowest BCUT2D eigenvalue weighted by atomic mass is 9.95. The van der Waals surface area contributed by atoms with E-state index in [0.717, 1.165) is 17.1 Å². The molecule has 12 rings (SSSR count). The molecule has 0 unspecified atom stereocenters. The molecule has 284 valence electrons. The Hall–Kier alpha value is -8.00. The maximum Gasteiger partial charge on any atom is 0.0467 e. The van der Waals surface area contributed by atoms with Crippen LogP contribution in [0.15, 0.2) is 237 Å². The topological polar surface area (TPSA) is 3.24 Å². The number of benzene rings is 11. The van der Waals surface area contributed by atoms with Crippen LogP contribution in [0.4, 0.5) is 17.1 Å². The van der Waals surface area contributed by atoms with Gasteiger partial charge in [-0.25, -0.2) is 0 Å². The lowest BCUT2D eigenvalue weighted by Crippen LogP contribution is -2.10. The van der Waals surface area contributed by atoms with Crippen molar-refractivity contribution >= 4 is 49.4 Å². The molecule has 1 aliphatic carbocycles. The fourth-order valence-corrected chi connectivity index (χ4v) is 9.58. The molecule has 0 amide bonds. The minimum absolute atomic E-state index is 1.10. The van der Waals surface area contributed by atoms with Gasteiger partial charge < -0.3 is 4.90 Å². The molecule has 0 saturated heterocycles. The highest BCUT2D eigenvalue weighted by atomic mass is 15.1. The van der Waals surface area contributed by atoms with Gasteiger partial charge in [0.05, 0.1) is 0 Å². The number of hydrogen-bond donors (Lipinski definition) is 0. The van der Waals surface area contributed by atoms with E-state index in [9.17, 15) is 0 Å². The maximum absolute atomic E-state index is 2.39. The third-order valence-electron chi connectivity index (χ3n) is 12.5. The van der Waals surface area contributed by atoms with Crippen LogP contribution in [0.3, 0.4) is 0 Å². The fourth-order valence-electron chi connectivity index (χ4n) is 9.58. The summed E-state index contributed by atoms with van der Waals surface area (Å²) < 4.78 is 0. The Morgan fingerprint density at radius 1 is 0.213 bits per heavy atom. The lowest BCUT2D eigenvalue weighted by molar-refractivity contribution is 1.28. The molecule has 0 aromatic heterocycles. The fraction of sp³-hybridized carbons (Fsp3) is 0. The van der Waals surface area contributed by atoms with E-state index < -0.39 is 0 Å². The van der Waals surface area contributed by atoms with Gasteiger partial charge >= 0.3 is 0 Å². The summed E-state index contributed by atoms with van der Waals surface area (Å²) in [5, 5.41) is 7.66. The molecule has 1 nitrogen and oxygen atoms in total. The summed E-state index contributed by atoms with van der Waals surface area (Å²) in [4.78, 5) is 2.39. The molecule has 11 aromatic carbocycles. The molecule has 0 N–H and O–H groups in total. The van der Waals surface area contributed by atoms with Gasteiger partial charge in [-0.15, -0.1) is 0 Å². The summed E-state index contributed by atoms with van der Waals surface area (Å²) in [7, 11) is 0. The molecule has 0 saturated carbocycles. The van der Waals surface area contributed by atoms with E-state index in [1.807, 2.05) is 0 Å². The quantitative estimate of drug-likeness (QED) is 0.146. The summed E-state index contributed by atoms with van der Waals surface area (Å²) >= 11 is 0. The Labute approximate surface area is 356 Å². The number of rotatable bonds is 7. The summed E-state index contributed by atoms with van der Waals surface area (Å²) in [5.41, 5.74) is 18.2. The summed E-state index contributed by atoms with van der Waals surface area (Å²) in [6.07, 6.45) is 0. The normalized spacial score (nSPS) is 11.6. The van der Waals surface area contributed by atoms with Crippen molar-refractivity contribution in [1.82, 2.24) is 0 Å². The Morgan fingerprint density at radius 3 is 1.26 bits per heavy atom. The van der Waals surface area contributed by atoms with Crippen molar-refractivity contribution in [2.45, 2.75) is 0 Å². The van der Waals surface area contributed by atoms with Crippen molar-refractivity contribution in [1.29, 1.82) is 0 Å². The SMILES string of the molecule is c1ccc(-c2cccc(N(c3ccc(-c4ccc5c(ccc6cc(-c7ccccc7)ccc65)c4)cc3)c3cccc(-c4cc5c6c(cccc6c4)-c4ccccc4-5)c3)c2)cc1. The van der Waals surface area contributed by atoms with Crippen molar-refractivity contribution in [3.8, 4) is 66.8 Å². The van der Waals surface area contributed by atoms with Gasteiger partial charge in [-0.1, -0.05) is 176 Å². The zero-order valence-electron chi connectivity index (χ0n) is 33.5. The lowest BCUT2D eigenvalue weighted by Gasteiger charge is -2.27. The second kappa shape index (κ2) is 14.4. The maximum atomic E-state index is 2.39. The molecule has 11 aromatic rings. The van der Waals surface area contributed by atoms with Crippen LogP contribution in [-0.4, -0.2) is 0 Å². The molecule has 0 radical (unpaired) electrons. The molecule has 0 aliphatic heterocycles. The highest BCUT2D eigenvalue weighted by Crippen LogP contribution is 2.49. The van der Waals surface area contributed by atoms with E-state index in [4.69, 9.17) is 0 Å². The summed E-state index contributed by atoms with van der Waals surface area (Å²) in [5.74, 6) is 0. The van der Waals surface area contributed by atoms with E-state index in [0.29, 0.717) is 0 Å². The Morgan fingerprint density at radius 2 is 0.656 bits per heavy atom. The third-order valence-corrected chi connectivity index (χ3v) is 12.5. The molecule has 1 aliphatic rings. The number of fused-ring (bicyclic) bond motifs is 6. The van der Waals surface area contributed by atoms with E-state index >= 15 is 0 Å². The summed E-state index contributed by atoms with van der Waals surface area (Å²) in [6.45, 7) is 0. The molecule has 0 spiro atoms. The van der Waals surface area contributed by atoms with Gasteiger partial charge in [0.2, 0.25) is 0 Å². The minimum Gasteiger partial charge on any atom is -0.310 e. The van der Waals surface area contributed by atoms with Crippen LogP contribution in [0, 0.1) is 0 Å². The number of hydrogen-bond acceptors (Lipinski definition) is 1. The van der Waals surface area contributed by atoms with Crippen molar-refractivity contribution in [3.05, 3.63) is 237 Å².